The predicted octanol–water partition coefficient (Wildman–Crippen LogP) is 8.16. The normalized spacial score (nSPS) is 15.4. The molecule has 0 spiro atoms. The third-order valence-corrected chi connectivity index (χ3v) is 16.4. The fourth-order valence-corrected chi connectivity index (χ4v) is 12.0. The van der Waals surface area contributed by atoms with E-state index in [1.165, 1.54) is 48.5 Å². The summed E-state index contributed by atoms with van der Waals surface area (Å²) in [7, 11) is -18.0. The van der Waals surface area contributed by atoms with Crippen LogP contribution in [0.3, 0.4) is 0 Å². The first-order valence-electron chi connectivity index (χ1n) is 20.0. The lowest BCUT2D eigenvalue weighted by molar-refractivity contribution is -0.0117. The standard InChI is InChI=1S/C47H48O12S4/c1-34-11-19-41(20-12-34)60(48,49)56-30-46(31-57-61(50,51)42-21-13-35(2)14-22-42)27-39-9-5-7-38-8-6-10-40(45(38)39)28-47(29-46,32-58-62(52,53)43-23-15-36(3)16-24-43)33-59-63(54,55)44-25-17-37(4)18-26-44/h5-26H,27-33H2,1-4H3. The van der Waals surface area contributed by atoms with Gasteiger partial charge in [0.05, 0.1) is 46.0 Å². The Labute approximate surface area is 370 Å². The summed E-state index contributed by atoms with van der Waals surface area (Å²) in [6.45, 7) is 4.48. The second kappa shape index (κ2) is 18.0. The quantitative estimate of drug-likeness (QED) is 0.0854. The molecule has 1 aliphatic carbocycles. The van der Waals surface area contributed by atoms with Crippen molar-refractivity contribution in [2.75, 3.05) is 26.4 Å². The first-order valence-corrected chi connectivity index (χ1v) is 25.7. The molecule has 0 unspecified atom stereocenters. The van der Waals surface area contributed by atoms with E-state index in [1.807, 2.05) is 36.4 Å². The first-order chi connectivity index (χ1) is 29.7. The second-order valence-electron chi connectivity index (χ2n) is 16.6. The van der Waals surface area contributed by atoms with Gasteiger partial charge in [-0.05, 0) is 117 Å². The first kappa shape index (κ1) is 46.2. The molecular weight excluding hydrogens is 885 g/mol. The van der Waals surface area contributed by atoms with Gasteiger partial charge in [-0.1, -0.05) is 107 Å². The highest BCUT2D eigenvalue weighted by Crippen LogP contribution is 2.47. The topological polar surface area (TPSA) is 173 Å². The van der Waals surface area contributed by atoms with Crippen LogP contribution in [0.2, 0.25) is 0 Å². The van der Waals surface area contributed by atoms with Crippen molar-refractivity contribution in [3.63, 3.8) is 0 Å². The predicted molar refractivity (Wildman–Crippen MR) is 238 cm³/mol. The maximum absolute atomic E-state index is 14.0. The van der Waals surface area contributed by atoms with Crippen molar-refractivity contribution in [2.45, 2.75) is 66.5 Å². The zero-order chi connectivity index (χ0) is 45.3. The van der Waals surface area contributed by atoms with Crippen LogP contribution in [0.25, 0.3) is 10.8 Å². The highest BCUT2D eigenvalue weighted by Gasteiger charge is 2.48. The smallest absolute Gasteiger partial charge is 0.266 e. The van der Waals surface area contributed by atoms with E-state index < -0.39 is 77.7 Å². The molecule has 0 saturated carbocycles. The van der Waals surface area contributed by atoms with Crippen LogP contribution in [0.4, 0.5) is 0 Å². The molecule has 0 fully saturated rings. The van der Waals surface area contributed by atoms with Gasteiger partial charge in [0.1, 0.15) is 0 Å². The largest absolute Gasteiger partial charge is 0.296 e. The summed E-state index contributed by atoms with van der Waals surface area (Å²) in [4.78, 5) is -0.607. The fraction of sp³-hybridized carbons (Fsp3) is 0.277. The van der Waals surface area contributed by atoms with Crippen LogP contribution in [0, 0.1) is 38.5 Å². The molecule has 16 heteroatoms. The highest BCUT2D eigenvalue weighted by atomic mass is 32.2. The maximum Gasteiger partial charge on any atom is 0.296 e. The molecule has 0 heterocycles. The third kappa shape index (κ3) is 10.8. The van der Waals surface area contributed by atoms with Crippen LogP contribution in [0.5, 0.6) is 0 Å². The molecule has 6 aromatic rings. The van der Waals surface area contributed by atoms with E-state index in [0.29, 0.717) is 11.1 Å². The van der Waals surface area contributed by atoms with Gasteiger partial charge in [0.2, 0.25) is 0 Å². The molecule has 0 atom stereocenters. The molecule has 0 amide bonds. The van der Waals surface area contributed by atoms with Crippen molar-refractivity contribution in [1.82, 2.24) is 0 Å². The van der Waals surface area contributed by atoms with E-state index in [4.69, 9.17) is 16.7 Å². The molecule has 63 heavy (non-hydrogen) atoms. The molecule has 0 radical (unpaired) electrons. The molecule has 6 aromatic carbocycles. The Bertz CT molecular complexity index is 2690. The molecule has 12 nitrogen and oxygen atoms in total. The van der Waals surface area contributed by atoms with Crippen molar-refractivity contribution in [2.24, 2.45) is 10.8 Å². The molecule has 0 aromatic heterocycles. The maximum atomic E-state index is 14.0. The van der Waals surface area contributed by atoms with E-state index in [-0.39, 0.29) is 38.8 Å². The van der Waals surface area contributed by atoms with Gasteiger partial charge in [0.25, 0.3) is 40.5 Å². The summed E-state index contributed by atoms with van der Waals surface area (Å²) in [5, 5.41) is 1.50. The van der Waals surface area contributed by atoms with E-state index >= 15 is 0 Å². The Balaban J connectivity index is 1.41. The highest BCUT2D eigenvalue weighted by molar-refractivity contribution is 7.87. The monoisotopic (exact) mass is 932 g/mol. The minimum atomic E-state index is -4.51. The van der Waals surface area contributed by atoms with E-state index in [1.54, 1.807) is 76.2 Å². The number of hydrogen-bond donors (Lipinski definition) is 0. The Hall–Kier alpha value is -4.78. The average Bonchev–Trinajstić information content (AvgIpc) is 3.24. The number of aryl methyl sites for hydroxylation is 4. The second-order valence-corrected chi connectivity index (χ2v) is 23.0. The summed E-state index contributed by atoms with van der Waals surface area (Å²) >= 11 is 0. The van der Waals surface area contributed by atoms with Crippen molar-refractivity contribution in [3.05, 3.63) is 167 Å². The summed E-state index contributed by atoms with van der Waals surface area (Å²) in [6, 6.07) is 35.1. The lowest BCUT2D eigenvalue weighted by Gasteiger charge is -2.44. The van der Waals surface area contributed by atoms with Gasteiger partial charge in [-0.25, -0.2) is 0 Å². The van der Waals surface area contributed by atoms with Crippen molar-refractivity contribution in [3.8, 4) is 0 Å². The number of hydrogen-bond acceptors (Lipinski definition) is 12. The van der Waals surface area contributed by atoms with Crippen molar-refractivity contribution in [1.29, 1.82) is 0 Å². The van der Waals surface area contributed by atoms with Crippen LogP contribution < -0.4 is 0 Å². The minimum absolute atomic E-state index is 0.0641. The molecule has 0 aliphatic heterocycles. The zero-order valence-electron chi connectivity index (χ0n) is 35.2. The summed E-state index contributed by atoms with van der Waals surface area (Å²) in [5.74, 6) is 0. The van der Waals surface area contributed by atoms with Gasteiger partial charge < -0.3 is 0 Å². The lowest BCUT2D eigenvalue weighted by atomic mass is 9.64. The fourth-order valence-electron chi connectivity index (χ4n) is 7.92. The van der Waals surface area contributed by atoms with Crippen molar-refractivity contribution >= 4 is 51.2 Å². The molecule has 332 valence electrons. The number of benzene rings is 6. The average molecular weight is 933 g/mol. The van der Waals surface area contributed by atoms with Gasteiger partial charge in [0, 0.05) is 10.8 Å². The summed E-state index contributed by atoms with van der Waals surface area (Å²) in [6.07, 6.45) is -0.443. The Morgan fingerprint density at radius 2 is 0.635 bits per heavy atom. The third-order valence-electron chi connectivity index (χ3n) is 11.3. The molecular formula is C47H48O12S4. The summed E-state index contributed by atoms with van der Waals surface area (Å²) < 4.78 is 135. The zero-order valence-corrected chi connectivity index (χ0v) is 38.4. The van der Waals surface area contributed by atoms with Gasteiger partial charge in [-0.2, -0.15) is 33.7 Å². The SMILES string of the molecule is Cc1ccc(S(=O)(=O)OCC2(COS(=O)(=O)c3ccc(C)cc3)Cc3cccc4cccc(c34)CC(COS(=O)(=O)c3ccc(C)cc3)(COS(=O)(=O)c3ccc(C)cc3)C2)cc1. The van der Waals surface area contributed by atoms with Crippen LogP contribution in [0.15, 0.2) is 153 Å². The molecule has 0 saturated heterocycles. The van der Waals surface area contributed by atoms with Crippen LogP contribution in [0.1, 0.15) is 39.8 Å². The van der Waals surface area contributed by atoms with Crippen LogP contribution >= 0.6 is 0 Å². The van der Waals surface area contributed by atoms with Gasteiger partial charge >= 0.3 is 0 Å². The molecule has 1 aliphatic rings. The van der Waals surface area contributed by atoms with E-state index in [2.05, 4.69) is 0 Å². The van der Waals surface area contributed by atoms with Gasteiger partial charge in [0.15, 0.2) is 0 Å². The molecule has 0 bridgehead atoms. The lowest BCUT2D eigenvalue weighted by Crippen LogP contribution is -2.47. The molecule has 7 rings (SSSR count). The van der Waals surface area contributed by atoms with Crippen LogP contribution in [-0.2, 0) is 70.0 Å². The Morgan fingerprint density at radius 1 is 0.381 bits per heavy atom. The van der Waals surface area contributed by atoms with Crippen LogP contribution in [-0.4, -0.2) is 60.1 Å². The van der Waals surface area contributed by atoms with Gasteiger partial charge in [-0.3, -0.25) is 16.7 Å². The van der Waals surface area contributed by atoms with E-state index in [9.17, 15) is 33.7 Å². The summed E-state index contributed by atoms with van der Waals surface area (Å²) in [5.41, 5.74) is 1.32. The Kier molecular flexibility index (Phi) is 13.2. The van der Waals surface area contributed by atoms with E-state index in [0.717, 1.165) is 33.0 Å². The Morgan fingerprint density at radius 3 is 0.889 bits per heavy atom. The van der Waals surface area contributed by atoms with Gasteiger partial charge in [-0.15, -0.1) is 0 Å². The minimum Gasteiger partial charge on any atom is -0.266 e. The number of rotatable bonds is 16. The van der Waals surface area contributed by atoms with Crippen molar-refractivity contribution < 1.29 is 50.4 Å². The molecule has 0 N–H and O–H groups in total.